The molecule has 0 aliphatic heterocycles. The normalized spacial score (nSPS) is 16.6. The predicted octanol–water partition coefficient (Wildman–Crippen LogP) is 3.60. The van der Waals surface area contributed by atoms with E-state index in [1.807, 2.05) is 6.20 Å². The van der Waals surface area contributed by atoms with Gasteiger partial charge < -0.3 is 10.2 Å². The standard InChI is InChI=1S/C17H29N3/c1-14(2)12-18-13-15-9-10-19-17(11-15)20(3)16-7-5-4-6-8-16/h9-11,14,16,18H,4-8,12-13H2,1-3H3. The van der Waals surface area contributed by atoms with Gasteiger partial charge in [-0.25, -0.2) is 4.98 Å². The first-order valence-corrected chi connectivity index (χ1v) is 8.05. The molecule has 0 amide bonds. The van der Waals surface area contributed by atoms with Crippen LogP contribution < -0.4 is 10.2 Å². The third-order valence-corrected chi connectivity index (χ3v) is 4.18. The third kappa shape index (κ3) is 4.48. The van der Waals surface area contributed by atoms with Gasteiger partial charge in [0.25, 0.3) is 0 Å². The molecule has 1 saturated carbocycles. The second kappa shape index (κ2) is 7.63. The van der Waals surface area contributed by atoms with Crippen LogP contribution >= 0.6 is 0 Å². The second-order valence-corrected chi connectivity index (χ2v) is 6.45. The van der Waals surface area contributed by atoms with Crippen LogP contribution in [0.5, 0.6) is 0 Å². The predicted molar refractivity (Wildman–Crippen MR) is 86.1 cm³/mol. The fourth-order valence-corrected chi connectivity index (χ4v) is 2.92. The second-order valence-electron chi connectivity index (χ2n) is 6.45. The fraction of sp³-hybridized carbons (Fsp3) is 0.706. The Morgan fingerprint density at radius 3 is 2.75 bits per heavy atom. The quantitative estimate of drug-likeness (QED) is 0.860. The summed E-state index contributed by atoms with van der Waals surface area (Å²) in [6.45, 7) is 6.48. The Hall–Kier alpha value is -1.09. The monoisotopic (exact) mass is 275 g/mol. The van der Waals surface area contributed by atoms with Gasteiger partial charge in [0.1, 0.15) is 5.82 Å². The molecule has 1 N–H and O–H groups in total. The lowest BCUT2D eigenvalue weighted by Crippen LogP contribution is -2.34. The van der Waals surface area contributed by atoms with E-state index in [1.54, 1.807) is 0 Å². The molecule has 0 aromatic carbocycles. The molecule has 112 valence electrons. The highest BCUT2D eigenvalue weighted by atomic mass is 15.2. The number of pyridine rings is 1. The van der Waals surface area contributed by atoms with Crippen LogP contribution in [0.25, 0.3) is 0 Å². The molecule has 0 radical (unpaired) electrons. The van der Waals surface area contributed by atoms with Crippen LogP contribution in [0.15, 0.2) is 18.3 Å². The zero-order chi connectivity index (χ0) is 14.4. The molecule has 20 heavy (non-hydrogen) atoms. The van der Waals surface area contributed by atoms with E-state index in [1.165, 1.54) is 37.7 Å². The van der Waals surface area contributed by atoms with Gasteiger partial charge >= 0.3 is 0 Å². The highest BCUT2D eigenvalue weighted by Gasteiger charge is 2.19. The minimum absolute atomic E-state index is 0.676. The number of hydrogen-bond acceptors (Lipinski definition) is 3. The molecule has 2 rings (SSSR count). The average molecular weight is 275 g/mol. The van der Waals surface area contributed by atoms with Crippen molar-refractivity contribution >= 4 is 5.82 Å². The van der Waals surface area contributed by atoms with Crippen LogP contribution in [0.4, 0.5) is 5.82 Å². The van der Waals surface area contributed by atoms with Crippen molar-refractivity contribution in [2.75, 3.05) is 18.5 Å². The molecule has 0 spiro atoms. The molecule has 1 fully saturated rings. The largest absolute Gasteiger partial charge is 0.357 e. The SMILES string of the molecule is CC(C)CNCc1ccnc(N(C)C2CCCCC2)c1. The minimum atomic E-state index is 0.676. The topological polar surface area (TPSA) is 28.2 Å². The number of aromatic nitrogens is 1. The van der Waals surface area contributed by atoms with E-state index in [9.17, 15) is 0 Å². The first-order chi connectivity index (χ1) is 9.66. The third-order valence-electron chi connectivity index (χ3n) is 4.18. The van der Waals surface area contributed by atoms with Gasteiger partial charge in [0, 0.05) is 25.8 Å². The zero-order valence-electron chi connectivity index (χ0n) is 13.2. The number of anilines is 1. The van der Waals surface area contributed by atoms with Gasteiger partial charge in [0.15, 0.2) is 0 Å². The number of nitrogens with one attached hydrogen (secondary N) is 1. The summed E-state index contributed by atoms with van der Waals surface area (Å²) in [5, 5.41) is 3.50. The number of hydrogen-bond donors (Lipinski definition) is 1. The van der Waals surface area contributed by atoms with Crippen LogP contribution in [0.3, 0.4) is 0 Å². The van der Waals surface area contributed by atoms with Gasteiger partial charge in [-0.05, 0) is 43.0 Å². The van der Waals surface area contributed by atoms with E-state index in [2.05, 4.69) is 48.2 Å². The van der Waals surface area contributed by atoms with Crippen molar-refractivity contribution in [3.05, 3.63) is 23.9 Å². The molecule has 1 aromatic heterocycles. The van der Waals surface area contributed by atoms with Crippen LogP contribution in [-0.2, 0) is 6.54 Å². The minimum Gasteiger partial charge on any atom is -0.357 e. The molecule has 1 aliphatic carbocycles. The fourth-order valence-electron chi connectivity index (χ4n) is 2.92. The molecule has 1 aromatic rings. The number of nitrogens with zero attached hydrogens (tertiary/aromatic N) is 2. The Morgan fingerprint density at radius 2 is 2.05 bits per heavy atom. The Labute approximate surface area is 123 Å². The maximum Gasteiger partial charge on any atom is 0.128 e. The summed E-state index contributed by atoms with van der Waals surface area (Å²) < 4.78 is 0. The van der Waals surface area contributed by atoms with Crippen molar-refractivity contribution in [2.24, 2.45) is 5.92 Å². The van der Waals surface area contributed by atoms with E-state index in [0.29, 0.717) is 12.0 Å². The summed E-state index contributed by atoms with van der Waals surface area (Å²) in [7, 11) is 2.20. The molecule has 0 saturated heterocycles. The van der Waals surface area contributed by atoms with Crippen molar-refractivity contribution in [1.82, 2.24) is 10.3 Å². The van der Waals surface area contributed by atoms with E-state index < -0.39 is 0 Å². The first kappa shape index (κ1) is 15.3. The van der Waals surface area contributed by atoms with E-state index in [4.69, 9.17) is 0 Å². The molecule has 1 heterocycles. The molecular formula is C17H29N3. The first-order valence-electron chi connectivity index (χ1n) is 8.05. The van der Waals surface area contributed by atoms with Gasteiger partial charge in [-0.2, -0.15) is 0 Å². The van der Waals surface area contributed by atoms with E-state index in [-0.39, 0.29) is 0 Å². The smallest absolute Gasteiger partial charge is 0.128 e. The van der Waals surface area contributed by atoms with Gasteiger partial charge in [0.2, 0.25) is 0 Å². The molecule has 1 aliphatic rings. The maximum atomic E-state index is 4.56. The lowest BCUT2D eigenvalue weighted by molar-refractivity contribution is 0.426. The van der Waals surface area contributed by atoms with Gasteiger partial charge in [-0.15, -0.1) is 0 Å². The van der Waals surface area contributed by atoms with Crippen molar-refractivity contribution in [2.45, 2.75) is 58.5 Å². The molecule has 0 atom stereocenters. The lowest BCUT2D eigenvalue weighted by Gasteiger charge is -2.32. The highest BCUT2D eigenvalue weighted by molar-refractivity contribution is 5.41. The summed E-state index contributed by atoms with van der Waals surface area (Å²) >= 11 is 0. The summed E-state index contributed by atoms with van der Waals surface area (Å²) in [5.41, 5.74) is 1.33. The van der Waals surface area contributed by atoms with Crippen molar-refractivity contribution < 1.29 is 0 Å². The summed E-state index contributed by atoms with van der Waals surface area (Å²) in [6, 6.07) is 5.03. The van der Waals surface area contributed by atoms with Crippen LogP contribution in [0.1, 0.15) is 51.5 Å². The zero-order valence-corrected chi connectivity index (χ0v) is 13.2. The number of rotatable bonds is 6. The molecule has 0 unspecified atom stereocenters. The average Bonchev–Trinajstić information content (AvgIpc) is 2.47. The molecule has 3 nitrogen and oxygen atoms in total. The molecule has 3 heteroatoms. The molecule has 0 bridgehead atoms. The lowest BCUT2D eigenvalue weighted by atomic mass is 9.94. The van der Waals surface area contributed by atoms with Crippen LogP contribution in [0, 0.1) is 5.92 Å². The van der Waals surface area contributed by atoms with Crippen molar-refractivity contribution in [3.8, 4) is 0 Å². The van der Waals surface area contributed by atoms with Gasteiger partial charge in [0.05, 0.1) is 0 Å². The summed E-state index contributed by atoms with van der Waals surface area (Å²) in [4.78, 5) is 6.94. The summed E-state index contributed by atoms with van der Waals surface area (Å²) in [6.07, 6.45) is 8.70. The Kier molecular flexibility index (Phi) is 5.84. The van der Waals surface area contributed by atoms with Gasteiger partial charge in [-0.1, -0.05) is 33.1 Å². The Balaban J connectivity index is 1.93. The molecular weight excluding hydrogens is 246 g/mol. The van der Waals surface area contributed by atoms with E-state index in [0.717, 1.165) is 18.9 Å². The van der Waals surface area contributed by atoms with E-state index >= 15 is 0 Å². The van der Waals surface area contributed by atoms with Crippen molar-refractivity contribution in [3.63, 3.8) is 0 Å². The Morgan fingerprint density at radius 1 is 1.30 bits per heavy atom. The summed E-state index contributed by atoms with van der Waals surface area (Å²) in [5.74, 6) is 1.82. The van der Waals surface area contributed by atoms with Gasteiger partial charge in [-0.3, -0.25) is 0 Å². The van der Waals surface area contributed by atoms with Crippen molar-refractivity contribution in [1.29, 1.82) is 0 Å². The maximum absolute atomic E-state index is 4.56. The van der Waals surface area contributed by atoms with Crippen LogP contribution in [-0.4, -0.2) is 24.6 Å². The highest BCUT2D eigenvalue weighted by Crippen LogP contribution is 2.25. The Bertz CT molecular complexity index is 397. The van der Waals surface area contributed by atoms with Crippen LogP contribution in [0.2, 0.25) is 0 Å².